The molecule has 0 aromatic heterocycles. The molecule has 2 rings (SSSR count). The van der Waals surface area contributed by atoms with E-state index in [1.807, 2.05) is 0 Å². The summed E-state index contributed by atoms with van der Waals surface area (Å²) < 4.78 is 0. The smallest absolute Gasteiger partial charge is 0.0916 e. The van der Waals surface area contributed by atoms with E-state index >= 15 is 0 Å². The Morgan fingerprint density at radius 1 is 1.33 bits per heavy atom. The number of aryl methyl sites for hydroxylation is 1. The van der Waals surface area contributed by atoms with E-state index in [2.05, 4.69) is 43.0 Å². The molecule has 1 saturated heterocycles. The summed E-state index contributed by atoms with van der Waals surface area (Å²) in [5.74, 6) is 0.772. The lowest BCUT2D eigenvalue weighted by Crippen LogP contribution is -2.37. The number of hydrogen-bond acceptors (Lipinski definition) is 2. The summed E-state index contributed by atoms with van der Waals surface area (Å²) >= 11 is 0. The molecular weight excluding hydrogens is 222 g/mol. The first-order chi connectivity index (χ1) is 8.69. The van der Waals surface area contributed by atoms with E-state index in [1.165, 1.54) is 18.4 Å². The Balaban J connectivity index is 1.91. The molecule has 0 radical (unpaired) electrons. The highest BCUT2D eigenvalue weighted by molar-refractivity contribution is 5.24. The highest BCUT2D eigenvalue weighted by atomic mass is 16.3. The molecule has 18 heavy (non-hydrogen) atoms. The Morgan fingerprint density at radius 2 is 2.06 bits per heavy atom. The maximum Gasteiger partial charge on any atom is 0.0916 e. The summed E-state index contributed by atoms with van der Waals surface area (Å²) in [5, 5.41) is 10.3. The number of piperidine rings is 1. The maximum absolute atomic E-state index is 10.3. The average molecular weight is 247 g/mol. The fraction of sp³-hybridized carbons (Fsp3) is 0.625. The summed E-state index contributed by atoms with van der Waals surface area (Å²) in [7, 11) is 0. The van der Waals surface area contributed by atoms with Crippen LogP contribution < -0.4 is 0 Å². The van der Waals surface area contributed by atoms with E-state index in [-0.39, 0.29) is 6.10 Å². The van der Waals surface area contributed by atoms with E-state index < -0.39 is 0 Å². The first kappa shape index (κ1) is 13.6. The topological polar surface area (TPSA) is 23.5 Å². The zero-order valence-electron chi connectivity index (χ0n) is 11.6. The predicted molar refractivity (Wildman–Crippen MR) is 75.6 cm³/mol. The van der Waals surface area contributed by atoms with E-state index in [1.54, 1.807) is 0 Å². The lowest BCUT2D eigenvalue weighted by Gasteiger charge is -2.32. The third-order valence-corrected chi connectivity index (χ3v) is 3.95. The lowest BCUT2D eigenvalue weighted by atomic mass is 9.99. The minimum Gasteiger partial charge on any atom is -0.387 e. The van der Waals surface area contributed by atoms with Crippen LogP contribution in [0, 0.1) is 5.92 Å². The maximum atomic E-state index is 10.3. The minimum absolute atomic E-state index is 0.346. The highest BCUT2D eigenvalue weighted by Crippen LogP contribution is 2.20. The number of likely N-dealkylation sites (tertiary alicyclic amines) is 1. The third kappa shape index (κ3) is 3.56. The highest BCUT2D eigenvalue weighted by Gasteiger charge is 2.19. The molecule has 1 aromatic carbocycles. The lowest BCUT2D eigenvalue weighted by molar-refractivity contribution is 0.0876. The molecule has 1 aromatic rings. The number of benzene rings is 1. The molecule has 1 aliphatic rings. The molecule has 1 fully saturated rings. The zero-order chi connectivity index (χ0) is 13.0. The molecule has 0 amide bonds. The number of nitrogens with zero attached hydrogens (tertiary/aromatic N) is 1. The molecule has 0 aliphatic carbocycles. The average Bonchev–Trinajstić information content (AvgIpc) is 2.39. The van der Waals surface area contributed by atoms with Crippen LogP contribution in [-0.2, 0) is 6.42 Å². The summed E-state index contributed by atoms with van der Waals surface area (Å²) in [6, 6.07) is 8.38. The Morgan fingerprint density at radius 3 is 2.67 bits per heavy atom. The van der Waals surface area contributed by atoms with E-state index in [0.29, 0.717) is 0 Å². The van der Waals surface area contributed by atoms with Crippen LogP contribution in [0.25, 0.3) is 0 Å². The Hall–Kier alpha value is -0.860. The summed E-state index contributed by atoms with van der Waals surface area (Å²) in [6.45, 7) is 7.49. The minimum atomic E-state index is -0.346. The molecule has 2 nitrogen and oxygen atoms in total. The fourth-order valence-corrected chi connectivity index (χ4v) is 2.78. The van der Waals surface area contributed by atoms with Crippen molar-refractivity contribution >= 4 is 0 Å². The van der Waals surface area contributed by atoms with Crippen LogP contribution in [-0.4, -0.2) is 29.6 Å². The summed E-state index contributed by atoms with van der Waals surface area (Å²) in [5.41, 5.74) is 2.38. The Bertz CT molecular complexity index is 360. The molecule has 0 spiro atoms. The Labute approximate surface area is 111 Å². The van der Waals surface area contributed by atoms with Gasteiger partial charge in [-0.1, -0.05) is 38.1 Å². The van der Waals surface area contributed by atoms with Crippen molar-refractivity contribution < 1.29 is 5.11 Å². The molecule has 1 aliphatic heterocycles. The van der Waals surface area contributed by atoms with Crippen molar-refractivity contribution in [2.24, 2.45) is 5.92 Å². The third-order valence-electron chi connectivity index (χ3n) is 3.95. The van der Waals surface area contributed by atoms with Gasteiger partial charge >= 0.3 is 0 Å². The second kappa shape index (κ2) is 6.35. The molecule has 2 heteroatoms. The van der Waals surface area contributed by atoms with Crippen molar-refractivity contribution in [2.75, 3.05) is 19.6 Å². The van der Waals surface area contributed by atoms with Crippen LogP contribution in [0.5, 0.6) is 0 Å². The van der Waals surface area contributed by atoms with Crippen molar-refractivity contribution in [3.8, 4) is 0 Å². The molecule has 2 unspecified atom stereocenters. The van der Waals surface area contributed by atoms with Gasteiger partial charge in [0.2, 0.25) is 0 Å². The van der Waals surface area contributed by atoms with Gasteiger partial charge in [-0.25, -0.2) is 0 Å². The van der Waals surface area contributed by atoms with E-state index in [0.717, 1.165) is 37.5 Å². The van der Waals surface area contributed by atoms with Crippen molar-refractivity contribution in [3.63, 3.8) is 0 Å². The van der Waals surface area contributed by atoms with E-state index in [4.69, 9.17) is 0 Å². The first-order valence-corrected chi connectivity index (χ1v) is 7.18. The van der Waals surface area contributed by atoms with Crippen molar-refractivity contribution in [1.29, 1.82) is 0 Å². The van der Waals surface area contributed by atoms with Gasteiger partial charge in [-0.05, 0) is 42.9 Å². The molecule has 0 bridgehead atoms. The number of hydrogen-bond donors (Lipinski definition) is 1. The first-order valence-electron chi connectivity index (χ1n) is 7.18. The number of aliphatic hydroxyl groups excluding tert-OH is 1. The molecule has 100 valence electrons. The predicted octanol–water partition coefficient (Wildman–Crippen LogP) is 3.01. The van der Waals surface area contributed by atoms with E-state index in [9.17, 15) is 5.11 Å². The van der Waals surface area contributed by atoms with Gasteiger partial charge in [0.1, 0.15) is 0 Å². The van der Waals surface area contributed by atoms with Gasteiger partial charge in [-0.2, -0.15) is 0 Å². The number of aliphatic hydroxyl groups is 1. The van der Waals surface area contributed by atoms with Gasteiger partial charge in [-0.15, -0.1) is 0 Å². The molecular formula is C16H25NO. The Kier molecular flexibility index (Phi) is 4.79. The quantitative estimate of drug-likeness (QED) is 0.884. The SMILES string of the molecule is CCc1ccc(C(O)CN2CCCC(C)C2)cc1. The normalized spacial score (nSPS) is 22.9. The van der Waals surface area contributed by atoms with Crippen molar-refractivity contribution in [1.82, 2.24) is 4.90 Å². The second-order valence-electron chi connectivity index (χ2n) is 5.62. The summed E-state index contributed by atoms with van der Waals surface area (Å²) in [4.78, 5) is 2.40. The van der Waals surface area contributed by atoms with Gasteiger partial charge in [0, 0.05) is 13.1 Å². The van der Waals surface area contributed by atoms with Crippen LogP contribution >= 0.6 is 0 Å². The molecule has 1 heterocycles. The van der Waals surface area contributed by atoms with Gasteiger partial charge in [0.05, 0.1) is 6.10 Å². The van der Waals surface area contributed by atoms with Crippen LogP contribution in [0.2, 0.25) is 0 Å². The van der Waals surface area contributed by atoms with Gasteiger partial charge in [-0.3, -0.25) is 0 Å². The zero-order valence-corrected chi connectivity index (χ0v) is 11.6. The van der Waals surface area contributed by atoms with Crippen molar-refractivity contribution in [2.45, 2.75) is 39.2 Å². The van der Waals surface area contributed by atoms with Crippen LogP contribution in [0.4, 0.5) is 0 Å². The van der Waals surface area contributed by atoms with Crippen LogP contribution in [0.1, 0.15) is 43.9 Å². The fourth-order valence-electron chi connectivity index (χ4n) is 2.78. The van der Waals surface area contributed by atoms with Crippen LogP contribution in [0.3, 0.4) is 0 Å². The largest absolute Gasteiger partial charge is 0.387 e. The molecule has 2 atom stereocenters. The van der Waals surface area contributed by atoms with Crippen LogP contribution in [0.15, 0.2) is 24.3 Å². The second-order valence-corrected chi connectivity index (χ2v) is 5.62. The monoisotopic (exact) mass is 247 g/mol. The summed E-state index contributed by atoms with van der Waals surface area (Å²) in [6.07, 6.45) is 3.31. The van der Waals surface area contributed by atoms with Gasteiger partial charge in [0.15, 0.2) is 0 Å². The number of rotatable bonds is 4. The molecule has 1 N–H and O–H groups in total. The van der Waals surface area contributed by atoms with Crippen molar-refractivity contribution in [3.05, 3.63) is 35.4 Å². The van der Waals surface area contributed by atoms with Gasteiger partial charge < -0.3 is 10.0 Å². The molecule has 0 saturated carbocycles. The van der Waals surface area contributed by atoms with Gasteiger partial charge in [0.25, 0.3) is 0 Å². The number of β-amino-alcohol motifs (C(OH)–C–C–N with tert-alkyl or cyclic N) is 1. The standard InChI is InChI=1S/C16H25NO/c1-3-14-6-8-15(9-7-14)16(18)12-17-10-4-5-13(2)11-17/h6-9,13,16,18H,3-5,10-12H2,1-2H3.